The van der Waals surface area contributed by atoms with E-state index in [1.54, 1.807) is 12.1 Å². The summed E-state index contributed by atoms with van der Waals surface area (Å²) in [5.74, 6) is -0.0772. The molecular weight excluding hydrogens is 338 g/mol. The summed E-state index contributed by atoms with van der Waals surface area (Å²) in [4.78, 5) is 12.5. The zero-order chi connectivity index (χ0) is 14.8. The second-order valence-electron chi connectivity index (χ2n) is 5.05. The number of carbonyl (C=O) groups excluding carboxylic acids is 1. The second kappa shape index (κ2) is 5.98. The number of rotatable bonds is 3. The van der Waals surface area contributed by atoms with Gasteiger partial charge in [-0.05, 0) is 47.5 Å². The van der Waals surface area contributed by atoms with Crippen molar-refractivity contribution in [1.29, 1.82) is 0 Å². The summed E-state index contributed by atoms with van der Waals surface area (Å²) >= 11 is 9.42. The second-order valence-corrected chi connectivity index (χ2v) is 6.25. The fourth-order valence-electron chi connectivity index (χ4n) is 1.86. The summed E-state index contributed by atoms with van der Waals surface area (Å²) < 4.78 is 0.693. The minimum Gasteiger partial charge on any atom is -0.324 e. The van der Waals surface area contributed by atoms with Crippen LogP contribution in [-0.2, 0) is 10.2 Å². The van der Waals surface area contributed by atoms with E-state index in [9.17, 15) is 4.79 Å². The SMILES string of the molecule is CC(C)(C(=O)Nc1cccc(Cl)c1Br)c1ccccc1. The first-order valence-electron chi connectivity index (χ1n) is 6.24. The Bertz CT molecular complexity index is 626. The van der Waals surface area contributed by atoms with Crippen molar-refractivity contribution in [3.63, 3.8) is 0 Å². The number of nitrogens with one attached hydrogen (secondary N) is 1. The van der Waals surface area contributed by atoms with E-state index in [0.717, 1.165) is 5.56 Å². The molecule has 4 heteroatoms. The predicted octanol–water partition coefficient (Wildman–Crippen LogP) is 5.02. The van der Waals surface area contributed by atoms with Gasteiger partial charge in [0.25, 0.3) is 0 Å². The van der Waals surface area contributed by atoms with Crippen molar-refractivity contribution < 1.29 is 4.79 Å². The van der Waals surface area contributed by atoms with Crippen LogP contribution in [0.2, 0.25) is 5.02 Å². The first-order chi connectivity index (χ1) is 9.43. The number of amides is 1. The van der Waals surface area contributed by atoms with Crippen LogP contribution in [-0.4, -0.2) is 5.91 Å². The predicted molar refractivity (Wildman–Crippen MR) is 87.2 cm³/mol. The molecule has 0 spiro atoms. The Morgan fingerprint density at radius 3 is 2.40 bits per heavy atom. The van der Waals surface area contributed by atoms with Crippen LogP contribution in [0.3, 0.4) is 0 Å². The zero-order valence-electron chi connectivity index (χ0n) is 11.3. The third kappa shape index (κ3) is 3.05. The van der Waals surface area contributed by atoms with Crippen LogP contribution in [0.25, 0.3) is 0 Å². The molecule has 104 valence electrons. The van der Waals surface area contributed by atoms with Gasteiger partial charge in [0.15, 0.2) is 0 Å². The number of hydrogen-bond acceptors (Lipinski definition) is 1. The van der Waals surface area contributed by atoms with Crippen molar-refractivity contribution >= 4 is 39.1 Å². The van der Waals surface area contributed by atoms with Gasteiger partial charge in [0.05, 0.1) is 20.6 Å². The van der Waals surface area contributed by atoms with Crippen molar-refractivity contribution in [2.75, 3.05) is 5.32 Å². The van der Waals surface area contributed by atoms with Crippen LogP contribution in [0, 0.1) is 0 Å². The number of carbonyl (C=O) groups is 1. The Hall–Kier alpha value is -1.32. The molecule has 0 fully saturated rings. The highest BCUT2D eigenvalue weighted by Gasteiger charge is 2.30. The molecular formula is C16H15BrClNO. The van der Waals surface area contributed by atoms with E-state index in [0.29, 0.717) is 15.2 Å². The van der Waals surface area contributed by atoms with E-state index in [-0.39, 0.29) is 5.91 Å². The molecule has 0 heterocycles. The van der Waals surface area contributed by atoms with Crippen molar-refractivity contribution in [3.05, 3.63) is 63.6 Å². The molecule has 0 atom stereocenters. The van der Waals surface area contributed by atoms with E-state index < -0.39 is 5.41 Å². The molecule has 2 nitrogen and oxygen atoms in total. The van der Waals surface area contributed by atoms with Crippen LogP contribution in [0.15, 0.2) is 53.0 Å². The molecule has 0 aliphatic heterocycles. The van der Waals surface area contributed by atoms with Crippen molar-refractivity contribution in [2.45, 2.75) is 19.3 Å². The molecule has 2 aromatic carbocycles. The number of anilines is 1. The van der Waals surface area contributed by atoms with Gasteiger partial charge in [-0.1, -0.05) is 48.0 Å². The van der Waals surface area contributed by atoms with E-state index in [1.165, 1.54) is 0 Å². The lowest BCUT2D eigenvalue weighted by Crippen LogP contribution is -2.34. The average molecular weight is 353 g/mol. The van der Waals surface area contributed by atoms with Gasteiger partial charge in [0.2, 0.25) is 5.91 Å². The molecule has 0 unspecified atom stereocenters. The third-order valence-corrected chi connectivity index (χ3v) is 4.66. The lowest BCUT2D eigenvalue weighted by atomic mass is 9.83. The van der Waals surface area contributed by atoms with Crippen LogP contribution in [0.5, 0.6) is 0 Å². The molecule has 0 radical (unpaired) electrons. The van der Waals surface area contributed by atoms with Gasteiger partial charge >= 0.3 is 0 Å². The molecule has 0 bridgehead atoms. The lowest BCUT2D eigenvalue weighted by molar-refractivity contribution is -0.120. The van der Waals surface area contributed by atoms with Crippen LogP contribution < -0.4 is 5.32 Å². The highest BCUT2D eigenvalue weighted by atomic mass is 79.9. The van der Waals surface area contributed by atoms with Gasteiger partial charge in [-0.15, -0.1) is 0 Å². The maximum absolute atomic E-state index is 12.5. The Labute approximate surface area is 132 Å². The Morgan fingerprint density at radius 2 is 1.75 bits per heavy atom. The van der Waals surface area contributed by atoms with E-state index in [4.69, 9.17) is 11.6 Å². The molecule has 0 aliphatic carbocycles. The normalized spacial score (nSPS) is 11.2. The first-order valence-corrected chi connectivity index (χ1v) is 7.41. The Kier molecular flexibility index (Phi) is 4.51. The van der Waals surface area contributed by atoms with Crippen molar-refractivity contribution in [2.24, 2.45) is 0 Å². The fourth-order valence-corrected chi connectivity index (χ4v) is 2.40. The summed E-state index contributed by atoms with van der Waals surface area (Å²) in [6, 6.07) is 15.1. The summed E-state index contributed by atoms with van der Waals surface area (Å²) in [6.07, 6.45) is 0. The molecule has 0 aliphatic rings. The van der Waals surface area contributed by atoms with Crippen molar-refractivity contribution in [3.8, 4) is 0 Å². The molecule has 0 aromatic heterocycles. The third-order valence-electron chi connectivity index (χ3n) is 3.26. The quantitative estimate of drug-likeness (QED) is 0.825. The van der Waals surface area contributed by atoms with Crippen molar-refractivity contribution in [1.82, 2.24) is 0 Å². The molecule has 20 heavy (non-hydrogen) atoms. The topological polar surface area (TPSA) is 29.1 Å². The summed E-state index contributed by atoms with van der Waals surface area (Å²) in [5.41, 5.74) is 1.02. The number of hydrogen-bond donors (Lipinski definition) is 1. The van der Waals surface area contributed by atoms with Gasteiger partial charge in [-0.25, -0.2) is 0 Å². The van der Waals surface area contributed by atoms with Gasteiger partial charge in [-0.3, -0.25) is 4.79 Å². The number of benzene rings is 2. The summed E-state index contributed by atoms with van der Waals surface area (Å²) in [5, 5.41) is 3.49. The summed E-state index contributed by atoms with van der Waals surface area (Å²) in [6.45, 7) is 3.80. The van der Waals surface area contributed by atoms with Crippen LogP contribution in [0.4, 0.5) is 5.69 Å². The number of halogens is 2. The Morgan fingerprint density at radius 1 is 1.10 bits per heavy atom. The standard InChI is InChI=1S/C16H15BrClNO/c1-16(2,11-7-4-3-5-8-11)15(20)19-13-10-6-9-12(18)14(13)17/h3-10H,1-2H3,(H,19,20). The molecule has 2 aromatic rings. The van der Waals surface area contributed by atoms with Crippen LogP contribution in [0.1, 0.15) is 19.4 Å². The minimum atomic E-state index is -0.622. The van der Waals surface area contributed by atoms with Gasteiger partial charge in [0, 0.05) is 0 Å². The highest BCUT2D eigenvalue weighted by molar-refractivity contribution is 9.10. The molecule has 1 N–H and O–H groups in total. The first kappa shape index (κ1) is 15.1. The minimum absolute atomic E-state index is 0.0772. The largest absolute Gasteiger partial charge is 0.324 e. The van der Waals surface area contributed by atoms with E-state index in [1.807, 2.05) is 50.2 Å². The van der Waals surface area contributed by atoms with Gasteiger partial charge in [0.1, 0.15) is 0 Å². The lowest BCUT2D eigenvalue weighted by Gasteiger charge is -2.24. The smallest absolute Gasteiger partial charge is 0.234 e. The molecule has 1 amide bonds. The van der Waals surface area contributed by atoms with E-state index >= 15 is 0 Å². The summed E-state index contributed by atoms with van der Waals surface area (Å²) in [7, 11) is 0. The maximum atomic E-state index is 12.5. The zero-order valence-corrected chi connectivity index (χ0v) is 13.6. The maximum Gasteiger partial charge on any atom is 0.234 e. The fraction of sp³-hybridized carbons (Fsp3) is 0.188. The molecule has 0 saturated carbocycles. The highest BCUT2D eigenvalue weighted by Crippen LogP contribution is 2.32. The Balaban J connectivity index is 2.26. The average Bonchev–Trinajstić information content (AvgIpc) is 2.44. The van der Waals surface area contributed by atoms with Crippen LogP contribution >= 0.6 is 27.5 Å². The van der Waals surface area contributed by atoms with E-state index in [2.05, 4.69) is 21.2 Å². The van der Waals surface area contributed by atoms with Gasteiger partial charge < -0.3 is 5.32 Å². The monoisotopic (exact) mass is 351 g/mol. The van der Waals surface area contributed by atoms with Gasteiger partial charge in [-0.2, -0.15) is 0 Å². The molecule has 0 saturated heterocycles. The molecule has 2 rings (SSSR count).